The summed E-state index contributed by atoms with van der Waals surface area (Å²) in [4.78, 5) is 16.8. The second-order valence-electron chi connectivity index (χ2n) is 8.11. The van der Waals surface area contributed by atoms with Crippen LogP contribution in [0.5, 0.6) is 0 Å². The monoisotopic (exact) mass is 344 g/mol. The maximum atomic E-state index is 12.5. The number of hydrogen-bond donors (Lipinski definition) is 1. The average molecular weight is 344 g/mol. The molecule has 0 unspecified atom stereocenters. The molecule has 0 spiro atoms. The minimum Gasteiger partial charge on any atom is -0.389 e. The lowest BCUT2D eigenvalue weighted by Crippen LogP contribution is -2.43. The highest BCUT2D eigenvalue weighted by atomic mass is 16.3. The molecule has 1 N–H and O–H groups in total. The Bertz CT molecular complexity index is 546. The molecule has 1 aliphatic carbocycles. The van der Waals surface area contributed by atoms with Gasteiger partial charge in [-0.1, -0.05) is 43.2 Å². The summed E-state index contributed by atoms with van der Waals surface area (Å²) in [5.74, 6) is 0.813. The fourth-order valence-corrected chi connectivity index (χ4v) is 4.37. The fraction of sp³-hybridized carbons (Fsp3) is 0.667. The Hall–Kier alpha value is -1.39. The van der Waals surface area contributed by atoms with Crippen LogP contribution in [-0.4, -0.2) is 53.1 Å². The Labute approximate surface area is 151 Å². The number of piperidine rings is 1. The summed E-state index contributed by atoms with van der Waals surface area (Å²) < 4.78 is 0. The van der Waals surface area contributed by atoms with Gasteiger partial charge < -0.3 is 14.9 Å². The molecule has 1 amide bonds. The fourth-order valence-electron chi connectivity index (χ4n) is 4.37. The molecule has 1 saturated carbocycles. The minimum absolute atomic E-state index is 0.153. The van der Waals surface area contributed by atoms with Gasteiger partial charge in [0.1, 0.15) is 0 Å². The quantitative estimate of drug-likeness (QED) is 0.862. The van der Waals surface area contributed by atoms with Crippen molar-refractivity contribution in [1.29, 1.82) is 0 Å². The van der Waals surface area contributed by atoms with E-state index in [1.54, 1.807) is 0 Å². The predicted molar refractivity (Wildman–Crippen MR) is 100 cm³/mol. The zero-order valence-electron chi connectivity index (χ0n) is 15.5. The number of hydrogen-bond acceptors (Lipinski definition) is 3. The molecule has 1 aromatic rings. The smallest absolute Gasteiger partial charge is 0.225 e. The number of carbonyl (C=O) groups is 1. The van der Waals surface area contributed by atoms with E-state index in [4.69, 9.17) is 0 Å². The number of benzene rings is 1. The van der Waals surface area contributed by atoms with E-state index in [1.165, 1.54) is 5.56 Å². The van der Waals surface area contributed by atoms with Gasteiger partial charge in [0, 0.05) is 26.2 Å². The Morgan fingerprint density at radius 3 is 2.48 bits per heavy atom. The lowest BCUT2D eigenvalue weighted by molar-refractivity contribution is -0.137. The van der Waals surface area contributed by atoms with Crippen LogP contribution in [0.25, 0.3) is 0 Å². The third-order valence-electron chi connectivity index (χ3n) is 5.85. The van der Waals surface area contributed by atoms with E-state index >= 15 is 0 Å². The van der Waals surface area contributed by atoms with Crippen molar-refractivity contribution in [3.63, 3.8) is 0 Å². The molecule has 138 valence electrons. The van der Waals surface area contributed by atoms with Crippen molar-refractivity contribution in [3.05, 3.63) is 35.9 Å². The van der Waals surface area contributed by atoms with E-state index in [0.717, 1.165) is 64.7 Å². The summed E-state index contributed by atoms with van der Waals surface area (Å²) in [6.45, 7) is 3.76. The topological polar surface area (TPSA) is 43.8 Å². The van der Waals surface area contributed by atoms with Gasteiger partial charge in [-0.05, 0) is 44.2 Å². The number of aliphatic hydroxyl groups is 1. The highest BCUT2D eigenvalue weighted by molar-refractivity contribution is 5.77. The van der Waals surface area contributed by atoms with Crippen molar-refractivity contribution in [2.24, 2.45) is 5.92 Å². The van der Waals surface area contributed by atoms with Gasteiger partial charge in [0.25, 0.3) is 0 Å². The molecule has 1 aromatic carbocycles. The summed E-state index contributed by atoms with van der Waals surface area (Å²) in [6.07, 6.45) is 6.16. The van der Waals surface area contributed by atoms with Crippen molar-refractivity contribution in [2.75, 3.05) is 26.7 Å². The van der Waals surface area contributed by atoms with Crippen LogP contribution in [-0.2, 0) is 11.3 Å². The van der Waals surface area contributed by atoms with Crippen molar-refractivity contribution < 1.29 is 9.90 Å². The summed E-state index contributed by atoms with van der Waals surface area (Å²) in [7, 11) is 2.18. The maximum absolute atomic E-state index is 12.5. The molecule has 1 heterocycles. The summed E-state index contributed by atoms with van der Waals surface area (Å²) >= 11 is 0. The molecule has 0 aromatic heterocycles. The zero-order chi connectivity index (χ0) is 17.7. The molecule has 0 radical (unpaired) electrons. The normalized spacial score (nSPS) is 21.0. The largest absolute Gasteiger partial charge is 0.389 e. The van der Waals surface area contributed by atoms with E-state index in [-0.39, 0.29) is 5.91 Å². The lowest BCUT2D eigenvalue weighted by atomic mass is 9.93. The van der Waals surface area contributed by atoms with Crippen LogP contribution < -0.4 is 0 Å². The molecule has 4 heteroatoms. The molecule has 25 heavy (non-hydrogen) atoms. The first kappa shape index (κ1) is 18.4. The standard InChI is InChI=1S/C21H32N2O2/c1-22(16-18-7-3-2-4-8-18)17-19-9-13-23(14-10-19)20(24)15-21(25)11-5-6-12-21/h2-4,7-8,19,25H,5-6,9-17H2,1H3. The molecule has 1 saturated heterocycles. The Morgan fingerprint density at radius 2 is 1.84 bits per heavy atom. The summed E-state index contributed by atoms with van der Waals surface area (Å²) in [5, 5.41) is 10.4. The average Bonchev–Trinajstić information content (AvgIpc) is 3.02. The van der Waals surface area contributed by atoms with Crippen LogP contribution in [0.1, 0.15) is 50.5 Å². The minimum atomic E-state index is -0.718. The molecule has 0 bridgehead atoms. The second kappa shape index (κ2) is 8.33. The number of rotatable bonds is 6. The van der Waals surface area contributed by atoms with Crippen LogP contribution in [0.3, 0.4) is 0 Å². The Morgan fingerprint density at radius 1 is 1.20 bits per heavy atom. The summed E-state index contributed by atoms with van der Waals surface area (Å²) in [5.41, 5.74) is 0.631. The van der Waals surface area contributed by atoms with Gasteiger partial charge in [-0.3, -0.25) is 4.79 Å². The molecular weight excluding hydrogens is 312 g/mol. The SMILES string of the molecule is CN(Cc1ccccc1)CC1CCN(C(=O)CC2(O)CCCC2)CC1. The van der Waals surface area contributed by atoms with Gasteiger partial charge in [0.15, 0.2) is 0 Å². The Kier molecular flexibility index (Phi) is 6.13. The molecule has 3 rings (SSSR count). The maximum Gasteiger partial charge on any atom is 0.225 e. The van der Waals surface area contributed by atoms with Gasteiger partial charge in [-0.15, -0.1) is 0 Å². The summed E-state index contributed by atoms with van der Waals surface area (Å²) in [6, 6.07) is 10.6. The number of nitrogens with zero attached hydrogens (tertiary/aromatic N) is 2. The first-order valence-electron chi connectivity index (χ1n) is 9.77. The molecular formula is C21H32N2O2. The number of likely N-dealkylation sites (tertiary alicyclic amines) is 1. The lowest BCUT2D eigenvalue weighted by Gasteiger charge is -2.35. The van der Waals surface area contributed by atoms with Gasteiger partial charge in [-0.25, -0.2) is 0 Å². The van der Waals surface area contributed by atoms with Crippen LogP contribution in [0, 0.1) is 5.92 Å². The number of carbonyl (C=O) groups excluding carboxylic acids is 1. The van der Waals surface area contributed by atoms with Crippen molar-refractivity contribution >= 4 is 5.91 Å². The van der Waals surface area contributed by atoms with Gasteiger partial charge in [-0.2, -0.15) is 0 Å². The first-order chi connectivity index (χ1) is 12.0. The molecule has 0 atom stereocenters. The van der Waals surface area contributed by atoms with E-state index in [0.29, 0.717) is 12.3 Å². The van der Waals surface area contributed by atoms with Crippen LogP contribution in [0.15, 0.2) is 30.3 Å². The Balaban J connectivity index is 1.40. The van der Waals surface area contributed by atoms with E-state index < -0.39 is 5.60 Å². The first-order valence-corrected chi connectivity index (χ1v) is 9.77. The van der Waals surface area contributed by atoms with Crippen LogP contribution in [0.4, 0.5) is 0 Å². The van der Waals surface area contributed by atoms with Crippen LogP contribution >= 0.6 is 0 Å². The highest BCUT2D eigenvalue weighted by Crippen LogP contribution is 2.33. The van der Waals surface area contributed by atoms with E-state index in [9.17, 15) is 9.90 Å². The van der Waals surface area contributed by atoms with Gasteiger partial charge >= 0.3 is 0 Å². The molecule has 1 aliphatic heterocycles. The molecule has 2 fully saturated rings. The van der Waals surface area contributed by atoms with Crippen LogP contribution in [0.2, 0.25) is 0 Å². The number of amides is 1. The second-order valence-corrected chi connectivity index (χ2v) is 8.11. The van der Waals surface area contributed by atoms with Crippen molar-refractivity contribution in [3.8, 4) is 0 Å². The third kappa shape index (κ3) is 5.29. The van der Waals surface area contributed by atoms with E-state index in [1.807, 2.05) is 4.90 Å². The molecule has 4 nitrogen and oxygen atoms in total. The molecule has 2 aliphatic rings. The zero-order valence-corrected chi connectivity index (χ0v) is 15.5. The van der Waals surface area contributed by atoms with Gasteiger partial charge in [0.05, 0.1) is 12.0 Å². The van der Waals surface area contributed by atoms with Crippen molar-refractivity contribution in [2.45, 2.75) is 57.1 Å². The van der Waals surface area contributed by atoms with Gasteiger partial charge in [0.2, 0.25) is 5.91 Å². The van der Waals surface area contributed by atoms with Crippen molar-refractivity contribution in [1.82, 2.24) is 9.80 Å². The third-order valence-corrected chi connectivity index (χ3v) is 5.85. The predicted octanol–water partition coefficient (Wildman–Crippen LogP) is 3.05. The van der Waals surface area contributed by atoms with E-state index in [2.05, 4.69) is 42.3 Å². The highest BCUT2D eigenvalue weighted by Gasteiger charge is 2.35.